The summed E-state index contributed by atoms with van der Waals surface area (Å²) in [6.07, 6.45) is 1.05. The third kappa shape index (κ3) is 5.84. The molecule has 1 aromatic carbocycles. The molecule has 0 spiro atoms. The lowest BCUT2D eigenvalue weighted by Gasteiger charge is -2.25. The molecule has 1 aromatic rings. The number of hydrogen-bond acceptors (Lipinski definition) is 4. The predicted molar refractivity (Wildman–Crippen MR) is 90.6 cm³/mol. The van der Waals surface area contributed by atoms with Gasteiger partial charge >= 0.3 is 0 Å². The molecule has 1 amide bonds. The zero-order valence-electron chi connectivity index (χ0n) is 14.3. The van der Waals surface area contributed by atoms with Crippen molar-refractivity contribution >= 4 is 5.91 Å². The van der Waals surface area contributed by atoms with Gasteiger partial charge in [-0.2, -0.15) is 0 Å². The average Bonchev–Trinajstić information content (AvgIpc) is 2.56. The van der Waals surface area contributed by atoms with Crippen LogP contribution in [0.5, 0.6) is 5.75 Å². The molecular formula is C18H28N2O3. The predicted octanol–water partition coefficient (Wildman–Crippen LogP) is 2.28. The molecule has 128 valence electrons. The van der Waals surface area contributed by atoms with Crippen LogP contribution in [0, 0.1) is 5.92 Å². The van der Waals surface area contributed by atoms with E-state index in [1.807, 2.05) is 31.2 Å². The number of hydrogen-bond donors (Lipinski definition) is 2. The van der Waals surface area contributed by atoms with Crippen molar-refractivity contribution in [3.8, 4) is 5.75 Å². The molecule has 1 heterocycles. The maximum atomic E-state index is 12.2. The van der Waals surface area contributed by atoms with E-state index in [-0.39, 0.29) is 18.0 Å². The van der Waals surface area contributed by atoms with Gasteiger partial charge in [-0.05, 0) is 37.0 Å². The molecule has 23 heavy (non-hydrogen) atoms. The highest BCUT2D eigenvalue weighted by molar-refractivity contribution is 5.82. The van der Waals surface area contributed by atoms with E-state index in [9.17, 15) is 4.79 Å². The molecule has 1 saturated heterocycles. The van der Waals surface area contributed by atoms with Crippen molar-refractivity contribution in [2.45, 2.75) is 39.3 Å². The van der Waals surface area contributed by atoms with Crippen molar-refractivity contribution in [1.29, 1.82) is 0 Å². The molecular weight excluding hydrogens is 292 g/mol. The SMILES string of the molecule is CC(C)CCOc1ccc([C@H](C)NC(=O)[C@H]2COCCN2)cc1. The van der Waals surface area contributed by atoms with Crippen molar-refractivity contribution in [2.75, 3.05) is 26.4 Å². The van der Waals surface area contributed by atoms with Gasteiger partial charge in [-0.3, -0.25) is 4.79 Å². The lowest BCUT2D eigenvalue weighted by molar-refractivity contribution is -0.126. The summed E-state index contributed by atoms with van der Waals surface area (Å²) < 4.78 is 11.0. The van der Waals surface area contributed by atoms with Gasteiger partial charge in [0.25, 0.3) is 0 Å². The van der Waals surface area contributed by atoms with E-state index >= 15 is 0 Å². The lowest BCUT2D eigenvalue weighted by atomic mass is 10.1. The monoisotopic (exact) mass is 320 g/mol. The molecule has 1 fully saturated rings. The first kappa shape index (κ1) is 17.8. The molecule has 0 bridgehead atoms. The standard InChI is InChI=1S/C18H28N2O3/c1-13(2)8-10-23-16-6-4-15(5-7-16)14(3)20-18(21)17-12-22-11-9-19-17/h4-7,13-14,17,19H,8-12H2,1-3H3,(H,20,21)/t14-,17+/m0/s1. The minimum atomic E-state index is -0.259. The third-order valence-corrected chi connectivity index (χ3v) is 3.94. The fourth-order valence-electron chi connectivity index (χ4n) is 2.40. The number of carbonyl (C=O) groups excluding carboxylic acids is 1. The minimum Gasteiger partial charge on any atom is -0.494 e. The van der Waals surface area contributed by atoms with Crippen LogP contribution in [0.4, 0.5) is 0 Å². The molecule has 0 radical (unpaired) electrons. The van der Waals surface area contributed by atoms with Gasteiger partial charge in [-0.15, -0.1) is 0 Å². The van der Waals surface area contributed by atoms with E-state index < -0.39 is 0 Å². The van der Waals surface area contributed by atoms with Crippen LogP contribution in [0.3, 0.4) is 0 Å². The molecule has 0 aromatic heterocycles. The summed E-state index contributed by atoms with van der Waals surface area (Å²) in [6.45, 7) is 8.90. The summed E-state index contributed by atoms with van der Waals surface area (Å²) in [5, 5.41) is 6.18. The topological polar surface area (TPSA) is 59.6 Å². The van der Waals surface area contributed by atoms with Gasteiger partial charge in [-0.25, -0.2) is 0 Å². The largest absolute Gasteiger partial charge is 0.494 e. The van der Waals surface area contributed by atoms with Crippen LogP contribution >= 0.6 is 0 Å². The summed E-state index contributed by atoms with van der Waals surface area (Å²) in [5.41, 5.74) is 1.06. The van der Waals surface area contributed by atoms with Crippen molar-refractivity contribution in [2.24, 2.45) is 5.92 Å². The molecule has 2 N–H and O–H groups in total. The Morgan fingerprint density at radius 1 is 1.35 bits per heavy atom. The van der Waals surface area contributed by atoms with E-state index in [0.29, 0.717) is 19.1 Å². The maximum absolute atomic E-state index is 12.2. The summed E-state index contributed by atoms with van der Waals surface area (Å²) in [4.78, 5) is 12.2. The first-order chi connectivity index (χ1) is 11.1. The molecule has 1 aliphatic rings. The number of carbonyl (C=O) groups is 1. The highest BCUT2D eigenvalue weighted by Crippen LogP contribution is 2.18. The molecule has 0 saturated carbocycles. The van der Waals surface area contributed by atoms with Gasteiger partial charge < -0.3 is 20.1 Å². The van der Waals surface area contributed by atoms with Crippen molar-refractivity contribution in [3.05, 3.63) is 29.8 Å². The third-order valence-electron chi connectivity index (χ3n) is 3.94. The lowest BCUT2D eigenvalue weighted by Crippen LogP contribution is -2.51. The fourth-order valence-corrected chi connectivity index (χ4v) is 2.40. The number of amides is 1. The Hall–Kier alpha value is -1.59. The number of benzene rings is 1. The molecule has 0 unspecified atom stereocenters. The van der Waals surface area contributed by atoms with Crippen LogP contribution in [0.25, 0.3) is 0 Å². The van der Waals surface area contributed by atoms with Gasteiger partial charge in [0.1, 0.15) is 11.8 Å². The maximum Gasteiger partial charge on any atom is 0.240 e. The van der Waals surface area contributed by atoms with Crippen molar-refractivity contribution in [1.82, 2.24) is 10.6 Å². The Morgan fingerprint density at radius 2 is 2.09 bits per heavy atom. The Balaban J connectivity index is 1.82. The van der Waals surface area contributed by atoms with Gasteiger partial charge in [-0.1, -0.05) is 26.0 Å². The Morgan fingerprint density at radius 3 is 2.70 bits per heavy atom. The zero-order valence-corrected chi connectivity index (χ0v) is 14.3. The molecule has 0 aliphatic carbocycles. The second-order valence-electron chi connectivity index (χ2n) is 6.41. The molecule has 5 nitrogen and oxygen atoms in total. The van der Waals surface area contributed by atoms with E-state index in [1.165, 1.54) is 0 Å². The minimum absolute atomic E-state index is 0.0190. The highest BCUT2D eigenvalue weighted by atomic mass is 16.5. The van der Waals surface area contributed by atoms with Crippen LogP contribution in [-0.4, -0.2) is 38.3 Å². The summed E-state index contributed by atoms with van der Waals surface area (Å²) in [6, 6.07) is 7.61. The number of morpholine rings is 1. The van der Waals surface area contributed by atoms with E-state index in [0.717, 1.165) is 30.9 Å². The van der Waals surface area contributed by atoms with E-state index in [4.69, 9.17) is 9.47 Å². The fraction of sp³-hybridized carbons (Fsp3) is 0.611. The molecule has 1 aliphatic heterocycles. The van der Waals surface area contributed by atoms with Crippen LogP contribution in [-0.2, 0) is 9.53 Å². The first-order valence-corrected chi connectivity index (χ1v) is 8.40. The smallest absolute Gasteiger partial charge is 0.240 e. The van der Waals surface area contributed by atoms with Crippen LogP contribution in [0.2, 0.25) is 0 Å². The summed E-state index contributed by atoms with van der Waals surface area (Å²) >= 11 is 0. The van der Waals surface area contributed by atoms with Crippen LogP contribution in [0.15, 0.2) is 24.3 Å². The number of rotatable bonds is 7. The van der Waals surface area contributed by atoms with Crippen molar-refractivity contribution < 1.29 is 14.3 Å². The van der Waals surface area contributed by atoms with Crippen molar-refractivity contribution in [3.63, 3.8) is 0 Å². The van der Waals surface area contributed by atoms with Crippen LogP contribution < -0.4 is 15.4 Å². The van der Waals surface area contributed by atoms with Crippen LogP contribution in [0.1, 0.15) is 38.8 Å². The Labute approximate surface area is 138 Å². The highest BCUT2D eigenvalue weighted by Gasteiger charge is 2.22. The second-order valence-corrected chi connectivity index (χ2v) is 6.41. The average molecular weight is 320 g/mol. The zero-order chi connectivity index (χ0) is 16.7. The summed E-state index contributed by atoms with van der Waals surface area (Å²) in [7, 11) is 0. The Bertz CT molecular complexity index is 482. The van der Waals surface area contributed by atoms with E-state index in [1.54, 1.807) is 0 Å². The second kappa shape index (κ2) is 8.89. The molecule has 2 rings (SSSR count). The van der Waals surface area contributed by atoms with Gasteiger partial charge in [0.05, 0.1) is 25.9 Å². The van der Waals surface area contributed by atoms with Gasteiger partial charge in [0.15, 0.2) is 0 Å². The van der Waals surface area contributed by atoms with Gasteiger partial charge in [0, 0.05) is 6.54 Å². The van der Waals surface area contributed by atoms with E-state index in [2.05, 4.69) is 24.5 Å². The normalized spacial score (nSPS) is 19.4. The summed E-state index contributed by atoms with van der Waals surface area (Å²) in [5.74, 6) is 1.49. The molecule has 2 atom stereocenters. The van der Waals surface area contributed by atoms with Gasteiger partial charge in [0.2, 0.25) is 5.91 Å². The Kier molecular flexibility index (Phi) is 6.86. The molecule has 5 heteroatoms. The quantitative estimate of drug-likeness (QED) is 0.809. The number of nitrogens with one attached hydrogen (secondary N) is 2. The number of ether oxygens (including phenoxy) is 2. The first-order valence-electron chi connectivity index (χ1n) is 8.40.